The van der Waals surface area contributed by atoms with Crippen molar-refractivity contribution in [2.45, 2.75) is 13.8 Å². The Balaban J connectivity index is 1.90. The second kappa shape index (κ2) is 18.2. The van der Waals surface area contributed by atoms with Crippen molar-refractivity contribution in [1.29, 1.82) is 0 Å². The quantitative estimate of drug-likeness (QED) is 0.285. The van der Waals surface area contributed by atoms with Gasteiger partial charge in [-0.1, -0.05) is 0 Å². The highest BCUT2D eigenvalue weighted by Gasteiger charge is 2.08. The van der Waals surface area contributed by atoms with E-state index in [0.717, 1.165) is 11.3 Å². The highest BCUT2D eigenvalue weighted by atomic mass is 16.6. The van der Waals surface area contributed by atoms with E-state index in [0.29, 0.717) is 79.3 Å². The number of hydrogen-bond acceptors (Lipinski definition) is 8. The van der Waals surface area contributed by atoms with Crippen molar-refractivity contribution in [2.24, 2.45) is 0 Å². The fourth-order valence-electron chi connectivity index (χ4n) is 2.76. The van der Waals surface area contributed by atoms with E-state index in [1.165, 1.54) is 11.3 Å². The van der Waals surface area contributed by atoms with Crippen LogP contribution in [0.3, 0.4) is 0 Å². The molecule has 1 aromatic carbocycles. The molecule has 0 fully saturated rings. The third-order valence-electron chi connectivity index (χ3n) is 4.36. The lowest BCUT2D eigenvalue weighted by atomic mass is 10.1. The van der Waals surface area contributed by atoms with Gasteiger partial charge in [-0.2, -0.15) is 0 Å². The van der Waals surface area contributed by atoms with Crippen LogP contribution in [0.1, 0.15) is 11.1 Å². The molecule has 0 N–H and O–H groups in total. The zero-order chi connectivity index (χ0) is 22.7. The van der Waals surface area contributed by atoms with Gasteiger partial charge in [-0.05, 0) is 31.5 Å². The largest absolute Gasteiger partial charge is 0.491 e. The van der Waals surface area contributed by atoms with Gasteiger partial charge >= 0.3 is 0 Å². The van der Waals surface area contributed by atoms with Crippen LogP contribution in [-0.4, -0.2) is 100 Å². The van der Waals surface area contributed by atoms with Crippen LogP contribution in [0.4, 0.5) is 5.69 Å². The molecule has 0 aliphatic carbocycles. The van der Waals surface area contributed by atoms with Gasteiger partial charge in [0.25, 0.3) is 0 Å². The van der Waals surface area contributed by atoms with E-state index in [-0.39, 0.29) is 0 Å². The van der Waals surface area contributed by atoms with Crippen LogP contribution in [0, 0.1) is 13.8 Å². The van der Waals surface area contributed by atoms with Crippen LogP contribution in [0.15, 0.2) is 12.1 Å². The van der Waals surface area contributed by atoms with Gasteiger partial charge in [-0.15, -0.1) is 0 Å². The Morgan fingerprint density at radius 2 is 1.03 bits per heavy atom. The maximum atomic E-state index is 5.90. The first-order valence-electron chi connectivity index (χ1n) is 10.8. The Bertz CT molecular complexity index is 569. The molecule has 0 aliphatic heterocycles. The van der Waals surface area contributed by atoms with Gasteiger partial charge in [0.2, 0.25) is 0 Å². The first-order valence-corrected chi connectivity index (χ1v) is 10.8. The molecule has 0 radical (unpaired) electrons. The van der Waals surface area contributed by atoms with Crippen LogP contribution in [0.25, 0.3) is 0 Å². The highest BCUT2D eigenvalue weighted by molar-refractivity contribution is 5.59. The van der Waals surface area contributed by atoms with Crippen molar-refractivity contribution in [3.8, 4) is 5.75 Å². The normalized spacial score (nSPS) is 11.1. The molecule has 180 valence electrons. The topological polar surface area (TPSA) is 67.9 Å². The summed E-state index contributed by atoms with van der Waals surface area (Å²) in [4.78, 5) is 2.10. The molecule has 1 aromatic rings. The van der Waals surface area contributed by atoms with Crippen molar-refractivity contribution in [3.05, 3.63) is 23.3 Å². The number of rotatable bonds is 20. The van der Waals surface area contributed by atoms with Crippen LogP contribution in [-0.2, 0) is 28.4 Å². The molecule has 0 saturated heterocycles. The Labute approximate surface area is 187 Å². The molecule has 0 unspecified atom stereocenters. The molecule has 0 spiro atoms. The molecule has 8 nitrogen and oxygen atoms in total. The van der Waals surface area contributed by atoms with Crippen LogP contribution in [0.5, 0.6) is 5.75 Å². The molecule has 0 atom stereocenters. The Kier molecular flexibility index (Phi) is 16.2. The van der Waals surface area contributed by atoms with E-state index in [1.54, 1.807) is 7.11 Å². The molecule has 0 aromatic heterocycles. The van der Waals surface area contributed by atoms with E-state index >= 15 is 0 Å². The van der Waals surface area contributed by atoms with E-state index in [2.05, 4.69) is 30.9 Å². The average Bonchev–Trinajstić information content (AvgIpc) is 2.74. The van der Waals surface area contributed by atoms with Gasteiger partial charge in [0.15, 0.2) is 0 Å². The smallest absolute Gasteiger partial charge is 0.124 e. The third-order valence-corrected chi connectivity index (χ3v) is 4.36. The highest BCUT2D eigenvalue weighted by Crippen LogP contribution is 2.29. The molecule has 31 heavy (non-hydrogen) atoms. The molecular formula is C23H41NO7. The summed E-state index contributed by atoms with van der Waals surface area (Å²) in [6.45, 7) is 10.7. The van der Waals surface area contributed by atoms with Crippen LogP contribution >= 0.6 is 0 Å². The van der Waals surface area contributed by atoms with Gasteiger partial charge in [-0.3, -0.25) is 0 Å². The van der Waals surface area contributed by atoms with Crippen molar-refractivity contribution in [1.82, 2.24) is 0 Å². The summed E-state index contributed by atoms with van der Waals surface area (Å²) in [5, 5.41) is 0. The lowest BCUT2D eigenvalue weighted by molar-refractivity contribution is -0.0159. The van der Waals surface area contributed by atoms with Crippen molar-refractivity contribution in [2.75, 3.05) is 105 Å². The molecule has 1 rings (SSSR count). The molecule has 0 heterocycles. The fourth-order valence-corrected chi connectivity index (χ4v) is 2.76. The predicted octanol–water partition coefficient (Wildman–Crippen LogP) is 2.48. The summed E-state index contributed by atoms with van der Waals surface area (Å²) in [5.74, 6) is 0.906. The molecule has 0 aliphatic rings. The zero-order valence-corrected chi connectivity index (χ0v) is 19.9. The van der Waals surface area contributed by atoms with Gasteiger partial charge in [0, 0.05) is 32.5 Å². The second-order valence-electron chi connectivity index (χ2n) is 7.20. The van der Waals surface area contributed by atoms with Crippen molar-refractivity contribution in [3.63, 3.8) is 0 Å². The van der Waals surface area contributed by atoms with Crippen LogP contribution in [0.2, 0.25) is 0 Å². The maximum Gasteiger partial charge on any atom is 0.124 e. The first kappa shape index (κ1) is 27.6. The minimum Gasteiger partial charge on any atom is -0.491 e. The number of benzene rings is 1. The number of aryl methyl sites for hydroxylation is 1. The standard InChI is InChI=1S/C23H41NO7/c1-20-18-22(24(3)4)21(2)23(19-20)31-17-16-30-15-14-29-13-12-28-11-10-27-9-8-26-7-6-25-5/h18-19H,6-17H2,1-5H3. The average molecular weight is 444 g/mol. The predicted molar refractivity (Wildman–Crippen MR) is 122 cm³/mol. The Hall–Kier alpha value is -1.42. The van der Waals surface area contributed by atoms with Gasteiger partial charge < -0.3 is 38.1 Å². The number of ether oxygens (including phenoxy) is 7. The number of methoxy groups -OCH3 is 1. The second-order valence-corrected chi connectivity index (χ2v) is 7.20. The SMILES string of the molecule is COCCOCCOCCOCCOCCOCCOc1cc(C)cc(N(C)C)c1C. The van der Waals surface area contributed by atoms with E-state index in [4.69, 9.17) is 33.2 Å². The lowest BCUT2D eigenvalue weighted by Crippen LogP contribution is -2.15. The van der Waals surface area contributed by atoms with Gasteiger partial charge in [-0.25, -0.2) is 0 Å². The molecule has 8 heteroatoms. The van der Waals surface area contributed by atoms with Gasteiger partial charge in [0.1, 0.15) is 12.4 Å². The first-order chi connectivity index (χ1) is 15.1. The third kappa shape index (κ3) is 13.6. The summed E-state index contributed by atoms with van der Waals surface area (Å²) < 4.78 is 38.0. The Morgan fingerprint density at radius 1 is 0.613 bits per heavy atom. The monoisotopic (exact) mass is 443 g/mol. The number of nitrogens with zero attached hydrogens (tertiary/aromatic N) is 1. The molecular weight excluding hydrogens is 402 g/mol. The summed E-state index contributed by atoms with van der Waals surface area (Å²) in [6.07, 6.45) is 0. The summed E-state index contributed by atoms with van der Waals surface area (Å²) in [5.41, 5.74) is 3.49. The van der Waals surface area contributed by atoms with E-state index < -0.39 is 0 Å². The number of anilines is 1. The molecule has 0 saturated carbocycles. The van der Waals surface area contributed by atoms with Crippen LogP contribution < -0.4 is 9.64 Å². The molecule has 0 amide bonds. The summed E-state index contributed by atoms with van der Waals surface area (Å²) >= 11 is 0. The van der Waals surface area contributed by atoms with Crippen molar-refractivity contribution < 1.29 is 33.2 Å². The van der Waals surface area contributed by atoms with E-state index in [1.807, 2.05) is 14.1 Å². The molecule has 0 bridgehead atoms. The minimum absolute atomic E-state index is 0.512. The fraction of sp³-hybridized carbons (Fsp3) is 0.739. The minimum atomic E-state index is 0.512. The van der Waals surface area contributed by atoms with Gasteiger partial charge in [0.05, 0.1) is 72.7 Å². The summed E-state index contributed by atoms with van der Waals surface area (Å²) in [6, 6.07) is 4.22. The zero-order valence-electron chi connectivity index (χ0n) is 19.9. The van der Waals surface area contributed by atoms with E-state index in [9.17, 15) is 0 Å². The maximum absolute atomic E-state index is 5.90. The number of hydrogen-bond donors (Lipinski definition) is 0. The van der Waals surface area contributed by atoms with Crippen molar-refractivity contribution >= 4 is 5.69 Å². The lowest BCUT2D eigenvalue weighted by Gasteiger charge is -2.19. The summed E-state index contributed by atoms with van der Waals surface area (Å²) in [7, 11) is 5.73. The Morgan fingerprint density at radius 3 is 1.45 bits per heavy atom.